The predicted molar refractivity (Wildman–Crippen MR) is 78.4 cm³/mol. The molecule has 0 bridgehead atoms. The summed E-state index contributed by atoms with van der Waals surface area (Å²) in [5.41, 5.74) is 1.35. The lowest BCUT2D eigenvalue weighted by molar-refractivity contribution is 0.170. The van der Waals surface area contributed by atoms with Crippen LogP contribution in [0.2, 0.25) is 0 Å². The Morgan fingerprint density at radius 2 is 1.79 bits per heavy atom. The monoisotopic (exact) mass is 259 g/mol. The molecule has 2 aliphatic rings. The van der Waals surface area contributed by atoms with Crippen LogP contribution in [0.15, 0.2) is 24.3 Å². The summed E-state index contributed by atoms with van der Waals surface area (Å²) in [5.74, 6) is 2.65. The summed E-state index contributed by atoms with van der Waals surface area (Å²) in [6.45, 7) is 5.64. The van der Waals surface area contributed by atoms with Gasteiger partial charge in [-0.3, -0.25) is 0 Å². The second-order valence-electron chi connectivity index (χ2n) is 6.31. The number of nitrogens with one attached hydrogen (secondary N) is 1. The first kappa shape index (κ1) is 13.0. The molecule has 1 aromatic rings. The predicted octanol–water partition coefficient (Wildman–Crippen LogP) is 3.92. The zero-order valence-corrected chi connectivity index (χ0v) is 12.1. The summed E-state index contributed by atoms with van der Waals surface area (Å²) in [6.07, 6.45) is 5.22. The van der Waals surface area contributed by atoms with Crippen molar-refractivity contribution in [2.45, 2.75) is 51.6 Å². The Morgan fingerprint density at radius 3 is 2.58 bits per heavy atom. The van der Waals surface area contributed by atoms with Gasteiger partial charge in [-0.25, -0.2) is 0 Å². The maximum Gasteiger partial charge on any atom is 0.124 e. The van der Waals surface area contributed by atoms with Gasteiger partial charge in [-0.1, -0.05) is 38.5 Å². The van der Waals surface area contributed by atoms with Crippen molar-refractivity contribution in [2.75, 3.05) is 6.61 Å². The molecule has 3 rings (SSSR count). The minimum atomic E-state index is 0.470. The van der Waals surface area contributed by atoms with Crippen molar-refractivity contribution in [3.8, 4) is 5.75 Å². The molecule has 3 unspecified atom stereocenters. The summed E-state index contributed by atoms with van der Waals surface area (Å²) in [5, 5.41) is 3.93. The minimum Gasteiger partial charge on any atom is -0.493 e. The Labute approximate surface area is 116 Å². The van der Waals surface area contributed by atoms with Crippen LogP contribution in [0.5, 0.6) is 5.75 Å². The van der Waals surface area contributed by atoms with Crippen molar-refractivity contribution in [1.29, 1.82) is 0 Å². The van der Waals surface area contributed by atoms with Crippen molar-refractivity contribution < 1.29 is 4.74 Å². The van der Waals surface area contributed by atoms with Crippen LogP contribution in [-0.4, -0.2) is 12.6 Å². The lowest BCUT2D eigenvalue weighted by atomic mass is 9.78. The van der Waals surface area contributed by atoms with Crippen LogP contribution in [0.1, 0.15) is 51.1 Å². The number of rotatable bonds is 2. The van der Waals surface area contributed by atoms with Crippen LogP contribution >= 0.6 is 0 Å². The van der Waals surface area contributed by atoms with E-state index in [4.69, 9.17) is 4.74 Å². The zero-order chi connectivity index (χ0) is 13.2. The Morgan fingerprint density at radius 1 is 1.05 bits per heavy atom. The van der Waals surface area contributed by atoms with Crippen LogP contribution in [-0.2, 0) is 0 Å². The third-order valence-corrected chi connectivity index (χ3v) is 4.90. The molecule has 0 saturated heterocycles. The molecule has 1 saturated carbocycles. The second-order valence-corrected chi connectivity index (χ2v) is 6.31. The van der Waals surface area contributed by atoms with E-state index in [1.54, 1.807) is 0 Å². The molecular weight excluding hydrogens is 234 g/mol. The van der Waals surface area contributed by atoms with Crippen LogP contribution in [0.25, 0.3) is 0 Å². The number of ether oxygens (including phenoxy) is 1. The molecule has 1 aliphatic carbocycles. The first-order chi connectivity index (χ1) is 9.25. The Kier molecular flexibility index (Phi) is 3.79. The van der Waals surface area contributed by atoms with E-state index in [0.29, 0.717) is 12.1 Å². The van der Waals surface area contributed by atoms with E-state index in [0.717, 1.165) is 30.6 Å². The third kappa shape index (κ3) is 2.64. The first-order valence-electron chi connectivity index (χ1n) is 7.73. The van der Waals surface area contributed by atoms with Gasteiger partial charge >= 0.3 is 0 Å². The maximum absolute atomic E-state index is 5.76. The fraction of sp³-hybridized carbons (Fsp3) is 0.647. The number of benzene rings is 1. The van der Waals surface area contributed by atoms with Crippen molar-refractivity contribution in [3.05, 3.63) is 29.8 Å². The van der Waals surface area contributed by atoms with Gasteiger partial charge in [0.25, 0.3) is 0 Å². The van der Waals surface area contributed by atoms with Crippen LogP contribution < -0.4 is 10.1 Å². The SMILES string of the molecule is CC1CCCC(C)C1NC1CCOc2ccccc21. The molecule has 1 heterocycles. The zero-order valence-electron chi connectivity index (χ0n) is 12.1. The minimum absolute atomic E-state index is 0.470. The van der Waals surface area contributed by atoms with Crippen LogP contribution in [0.4, 0.5) is 0 Å². The van der Waals surface area contributed by atoms with Gasteiger partial charge in [-0.05, 0) is 30.7 Å². The van der Waals surface area contributed by atoms with Gasteiger partial charge in [0, 0.05) is 24.1 Å². The molecule has 2 heteroatoms. The van der Waals surface area contributed by atoms with Crippen molar-refractivity contribution in [2.24, 2.45) is 11.8 Å². The van der Waals surface area contributed by atoms with Gasteiger partial charge in [-0.2, -0.15) is 0 Å². The highest BCUT2D eigenvalue weighted by atomic mass is 16.5. The highest BCUT2D eigenvalue weighted by molar-refractivity contribution is 5.37. The average Bonchev–Trinajstić information content (AvgIpc) is 2.43. The Hall–Kier alpha value is -1.02. The van der Waals surface area contributed by atoms with E-state index in [1.165, 1.54) is 24.8 Å². The van der Waals surface area contributed by atoms with Crippen molar-refractivity contribution >= 4 is 0 Å². The Bertz CT molecular complexity index is 421. The lowest BCUT2D eigenvalue weighted by Gasteiger charge is -2.39. The molecule has 0 spiro atoms. The van der Waals surface area contributed by atoms with Gasteiger partial charge in [-0.15, -0.1) is 0 Å². The van der Waals surface area contributed by atoms with Gasteiger partial charge < -0.3 is 10.1 Å². The smallest absolute Gasteiger partial charge is 0.124 e. The molecule has 19 heavy (non-hydrogen) atoms. The molecule has 0 aromatic heterocycles. The summed E-state index contributed by atoms with van der Waals surface area (Å²) < 4.78 is 5.76. The fourth-order valence-electron chi connectivity index (χ4n) is 3.76. The van der Waals surface area contributed by atoms with Gasteiger partial charge in [0.2, 0.25) is 0 Å². The van der Waals surface area contributed by atoms with E-state index in [9.17, 15) is 0 Å². The highest BCUT2D eigenvalue weighted by Crippen LogP contribution is 2.35. The molecule has 1 aromatic carbocycles. The van der Waals surface area contributed by atoms with E-state index in [2.05, 4.69) is 43.4 Å². The van der Waals surface area contributed by atoms with Gasteiger partial charge in [0.15, 0.2) is 0 Å². The molecule has 104 valence electrons. The van der Waals surface area contributed by atoms with Crippen LogP contribution in [0.3, 0.4) is 0 Å². The fourth-order valence-corrected chi connectivity index (χ4v) is 3.76. The number of para-hydroxylation sites is 1. The summed E-state index contributed by atoms with van der Waals surface area (Å²) in [4.78, 5) is 0. The van der Waals surface area contributed by atoms with E-state index in [1.807, 2.05) is 0 Å². The van der Waals surface area contributed by atoms with Crippen LogP contribution in [0, 0.1) is 11.8 Å². The Balaban J connectivity index is 1.77. The van der Waals surface area contributed by atoms with Crippen molar-refractivity contribution in [1.82, 2.24) is 5.32 Å². The quantitative estimate of drug-likeness (QED) is 0.869. The van der Waals surface area contributed by atoms with E-state index >= 15 is 0 Å². The van der Waals surface area contributed by atoms with E-state index in [-0.39, 0.29) is 0 Å². The summed E-state index contributed by atoms with van der Waals surface area (Å²) >= 11 is 0. The van der Waals surface area contributed by atoms with Gasteiger partial charge in [0.05, 0.1) is 6.61 Å². The van der Waals surface area contributed by atoms with Crippen molar-refractivity contribution in [3.63, 3.8) is 0 Å². The normalized spacial score (nSPS) is 34.4. The molecule has 1 fully saturated rings. The number of hydrogen-bond acceptors (Lipinski definition) is 2. The average molecular weight is 259 g/mol. The number of hydrogen-bond donors (Lipinski definition) is 1. The maximum atomic E-state index is 5.76. The standard InChI is InChI=1S/C17H25NO/c1-12-6-5-7-13(2)17(12)18-15-10-11-19-16-9-4-3-8-14(15)16/h3-4,8-9,12-13,15,17-18H,5-7,10-11H2,1-2H3. The molecule has 2 nitrogen and oxygen atoms in total. The largest absolute Gasteiger partial charge is 0.493 e. The van der Waals surface area contributed by atoms with E-state index < -0.39 is 0 Å². The number of fused-ring (bicyclic) bond motifs is 1. The molecule has 1 aliphatic heterocycles. The molecule has 0 radical (unpaired) electrons. The summed E-state index contributed by atoms with van der Waals surface area (Å²) in [7, 11) is 0. The second kappa shape index (κ2) is 5.54. The molecule has 1 N–H and O–H groups in total. The topological polar surface area (TPSA) is 21.3 Å². The molecule has 3 atom stereocenters. The first-order valence-corrected chi connectivity index (χ1v) is 7.73. The molecule has 0 amide bonds. The highest BCUT2D eigenvalue weighted by Gasteiger charge is 2.31. The summed E-state index contributed by atoms with van der Waals surface area (Å²) in [6, 6.07) is 9.62. The van der Waals surface area contributed by atoms with Gasteiger partial charge in [0.1, 0.15) is 5.75 Å². The third-order valence-electron chi connectivity index (χ3n) is 4.90. The lowest BCUT2D eigenvalue weighted by Crippen LogP contribution is -2.45. The molecular formula is C17H25NO.